The zero-order valence-corrected chi connectivity index (χ0v) is 11.7. The SMILES string of the molecule is O=C(N[C@]1(C(F)(F)F)NC(=O)N(C2CCCC2)C1=O)C1CC1. The molecule has 2 aliphatic carbocycles. The van der Waals surface area contributed by atoms with Gasteiger partial charge in [0, 0.05) is 12.0 Å². The van der Waals surface area contributed by atoms with E-state index in [-0.39, 0.29) is 0 Å². The van der Waals surface area contributed by atoms with Crippen molar-refractivity contribution in [2.24, 2.45) is 5.92 Å². The first-order valence-corrected chi connectivity index (χ1v) is 7.31. The lowest BCUT2D eigenvalue weighted by atomic mass is 10.1. The van der Waals surface area contributed by atoms with Gasteiger partial charge in [-0.1, -0.05) is 12.8 Å². The number of carbonyl (C=O) groups is 3. The maximum absolute atomic E-state index is 13.5. The first-order chi connectivity index (χ1) is 10.3. The molecule has 2 saturated carbocycles. The quantitative estimate of drug-likeness (QED) is 0.769. The molecule has 0 bridgehead atoms. The molecule has 3 aliphatic rings. The van der Waals surface area contributed by atoms with E-state index < -0.39 is 41.6 Å². The van der Waals surface area contributed by atoms with Crippen LogP contribution in [0.4, 0.5) is 18.0 Å². The van der Waals surface area contributed by atoms with E-state index in [1.165, 1.54) is 0 Å². The van der Waals surface area contributed by atoms with Gasteiger partial charge in [-0.15, -0.1) is 0 Å². The summed E-state index contributed by atoms with van der Waals surface area (Å²) < 4.78 is 40.4. The van der Waals surface area contributed by atoms with Crippen LogP contribution in [-0.2, 0) is 9.59 Å². The van der Waals surface area contributed by atoms with Crippen LogP contribution in [0.1, 0.15) is 38.5 Å². The zero-order chi connectivity index (χ0) is 16.1. The fraction of sp³-hybridized carbons (Fsp3) is 0.769. The second-order valence-electron chi connectivity index (χ2n) is 6.05. The van der Waals surface area contributed by atoms with E-state index in [0.29, 0.717) is 30.6 Å². The van der Waals surface area contributed by atoms with E-state index in [0.717, 1.165) is 12.8 Å². The van der Waals surface area contributed by atoms with Crippen LogP contribution in [0.15, 0.2) is 0 Å². The number of urea groups is 1. The van der Waals surface area contributed by atoms with Crippen LogP contribution in [0.5, 0.6) is 0 Å². The topological polar surface area (TPSA) is 78.5 Å². The molecule has 22 heavy (non-hydrogen) atoms. The first-order valence-electron chi connectivity index (χ1n) is 7.31. The van der Waals surface area contributed by atoms with Crippen LogP contribution in [0.25, 0.3) is 0 Å². The van der Waals surface area contributed by atoms with Crippen LogP contribution in [0.2, 0.25) is 0 Å². The summed E-state index contributed by atoms with van der Waals surface area (Å²) in [4.78, 5) is 36.7. The van der Waals surface area contributed by atoms with Crippen LogP contribution < -0.4 is 10.6 Å². The molecule has 1 aliphatic heterocycles. The molecule has 3 rings (SSSR count). The Hall–Kier alpha value is -1.80. The molecule has 3 fully saturated rings. The van der Waals surface area contributed by atoms with Gasteiger partial charge in [-0.05, 0) is 25.7 Å². The Bertz CT molecular complexity index is 526. The summed E-state index contributed by atoms with van der Waals surface area (Å²) >= 11 is 0. The summed E-state index contributed by atoms with van der Waals surface area (Å²) in [5, 5.41) is 3.42. The normalized spacial score (nSPS) is 29.9. The van der Waals surface area contributed by atoms with Gasteiger partial charge in [-0.25, -0.2) is 4.79 Å². The first kappa shape index (κ1) is 15.1. The number of halogens is 3. The zero-order valence-electron chi connectivity index (χ0n) is 11.7. The summed E-state index contributed by atoms with van der Waals surface area (Å²) in [6.07, 6.45) is -1.61. The Kier molecular flexibility index (Phi) is 3.33. The Morgan fingerprint density at radius 2 is 1.77 bits per heavy atom. The Morgan fingerprint density at radius 1 is 1.18 bits per heavy atom. The molecule has 0 aromatic rings. The number of hydrogen-bond acceptors (Lipinski definition) is 3. The predicted molar refractivity (Wildman–Crippen MR) is 67.3 cm³/mol. The molecule has 0 aromatic heterocycles. The Morgan fingerprint density at radius 3 is 2.27 bits per heavy atom. The van der Waals surface area contributed by atoms with Gasteiger partial charge in [0.2, 0.25) is 5.91 Å². The van der Waals surface area contributed by atoms with Gasteiger partial charge in [0.1, 0.15) is 0 Å². The van der Waals surface area contributed by atoms with Crippen LogP contribution in [0.3, 0.4) is 0 Å². The number of nitrogens with zero attached hydrogens (tertiary/aromatic N) is 1. The van der Waals surface area contributed by atoms with Gasteiger partial charge in [-0.3, -0.25) is 19.8 Å². The van der Waals surface area contributed by atoms with Crippen molar-refractivity contribution in [3.8, 4) is 0 Å². The van der Waals surface area contributed by atoms with E-state index >= 15 is 0 Å². The maximum atomic E-state index is 13.5. The predicted octanol–water partition coefficient (Wildman–Crippen LogP) is 1.27. The van der Waals surface area contributed by atoms with Gasteiger partial charge < -0.3 is 5.32 Å². The second kappa shape index (κ2) is 4.85. The van der Waals surface area contributed by atoms with E-state index in [1.54, 1.807) is 10.6 Å². The van der Waals surface area contributed by atoms with Gasteiger partial charge in [-0.2, -0.15) is 13.2 Å². The number of hydrogen-bond donors (Lipinski definition) is 2. The molecular formula is C13H16F3N3O3. The number of amides is 4. The molecule has 122 valence electrons. The van der Waals surface area contributed by atoms with Crippen molar-refractivity contribution in [3.05, 3.63) is 0 Å². The highest BCUT2D eigenvalue weighted by Gasteiger charge is 2.69. The molecule has 0 aromatic carbocycles. The number of nitrogens with one attached hydrogen (secondary N) is 2. The summed E-state index contributed by atoms with van der Waals surface area (Å²) in [5.41, 5.74) is -3.33. The van der Waals surface area contributed by atoms with Crippen molar-refractivity contribution < 1.29 is 27.6 Å². The highest BCUT2D eigenvalue weighted by molar-refractivity contribution is 6.09. The molecule has 0 spiro atoms. The van der Waals surface area contributed by atoms with E-state index in [2.05, 4.69) is 0 Å². The highest BCUT2D eigenvalue weighted by atomic mass is 19.4. The lowest BCUT2D eigenvalue weighted by molar-refractivity contribution is -0.204. The molecule has 1 atom stereocenters. The fourth-order valence-electron chi connectivity index (χ4n) is 3.02. The standard InChI is InChI=1S/C13H16F3N3O3/c14-13(15,16)12(17-9(20)7-5-6-7)10(21)19(11(22)18-12)8-3-1-2-4-8/h7-8H,1-6H2,(H,17,20)(H,18,22)/t12-/m0/s1. The van der Waals surface area contributed by atoms with E-state index in [9.17, 15) is 27.6 Å². The minimum Gasteiger partial charge on any atom is -0.318 e. The van der Waals surface area contributed by atoms with Gasteiger partial charge in [0.25, 0.3) is 11.6 Å². The van der Waals surface area contributed by atoms with Gasteiger partial charge in [0.15, 0.2) is 0 Å². The third kappa shape index (κ3) is 2.22. The summed E-state index contributed by atoms with van der Waals surface area (Å²) in [7, 11) is 0. The monoisotopic (exact) mass is 319 g/mol. The highest BCUT2D eigenvalue weighted by Crippen LogP contribution is 2.38. The van der Waals surface area contributed by atoms with E-state index in [4.69, 9.17) is 0 Å². The third-order valence-corrected chi connectivity index (χ3v) is 4.43. The van der Waals surface area contributed by atoms with Crippen LogP contribution >= 0.6 is 0 Å². The summed E-state index contributed by atoms with van der Waals surface area (Å²) in [5.74, 6) is -2.78. The average Bonchev–Trinajstić information content (AvgIpc) is 3.08. The molecule has 2 N–H and O–H groups in total. The average molecular weight is 319 g/mol. The Balaban J connectivity index is 1.90. The summed E-state index contributed by atoms with van der Waals surface area (Å²) in [6.45, 7) is 0. The second-order valence-corrected chi connectivity index (χ2v) is 6.05. The fourth-order valence-corrected chi connectivity index (χ4v) is 3.02. The molecule has 1 saturated heterocycles. The Labute approximate surface area is 124 Å². The smallest absolute Gasteiger partial charge is 0.318 e. The summed E-state index contributed by atoms with van der Waals surface area (Å²) in [6, 6.07) is -1.63. The van der Waals surface area contributed by atoms with E-state index in [1.807, 2.05) is 0 Å². The lowest BCUT2D eigenvalue weighted by Gasteiger charge is -2.30. The van der Waals surface area contributed by atoms with Crippen molar-refractivity contribution in [2.75, 3.05) is 0 Å². The minimum absolute atomic E-state index is 0.490. The minimum atomic E-state index is -5.10. The van der Waals surface area contributed by atoms with Crippen molar-refractivity contribution in [2.45, 2.75) is 56.4 Å². The maximum Gasteiger partial charge on any atom is 0.440 e. The number of rotatable bonds is 3. The third-order valence-electron chi connectivity index (χ3n) is 4.43. The number of imide groups is 1. The van der Waals surface area contributed by atoms with Crippen LogP contribution in [-0.4, -0.2) is 40.6 Å². The lowest BCUT2D eigenvalue weighted by Crippen LogP contribution is -2.69. The van der Waals surface area contributed by atoms with Crippen LogP contribution in [0, 0.1) is 5.92 Å². The largest absolute Gasteiger partial charge is 0.440 e. The molecular weight excluding hydrogens is 303 g/mol. The molecule has 9 heteroatoms. The van der Waals surface area contributed by atoms with Crippen molar-refractivity contribution >= 4 is 17.8 Å². The number of carbonyl (C=O) groups excluding carboxylic acids is 3. The van der Waals surface area contributed by atoms with Gasteiger partial charge >= 0.3 is 12.2 Å². The molecule has 4 amide bonds. The number of alkyl halides is 3. The van der Waals surface area contributed by atoms with Gasteiger partial charge in [0.05, 0.1) is 0 Å². The van der Waals surface area contributed by atoms with Crippen molar-refractivity contribution in [3.63, 3.8) is 0 Å². The molecule has 1 heterocycles. The van der Waals surface area contributed by atoms with Crippen molar-refractivity contribution in [1.82, 2.24) is 15.5 Å². The molecule has 0 radical (unpaired) electrons. The molecule has 6 nitrogen and oxygen atoms in total. The van der Waals surface area contributed by atoms with Crippen molar-refractivity contribution in [1.29, 1.82) is 0 Å². The molecule has 0 unspecified atom stereocenters.